The number of benzene rings is 1. The molecule has 5 heteroatoms. The molecule has 1 heterocycles. The fraction of sp³-hybridized carbons (Fsp3) is 0.588. The molecule has 0 aliphatic carbocycles. The third kappa shape index (κ3) is 4.83. The van der Waals surface area contributed by atoms with E-state index in [-0.39, 0.29) is 12.2 Å². The maximum Gasteiger partial charge on any atom is 0.410 e. The molecule has 1 saturated heterocycles. The molecule has 0 bridgehead atoms. The maximum atomic E-state index is 12.0. The lowest BCUT2D eigenvalue weighted by Crippen LogP contribution is -2.44. The van der Waals surface area contributed by atoms with Gasteiger partial charge in [0, 0.05) is 38.7 Å². The molecular formula is C17H26N2O3. The van der Waals surface area contributed by atoms with E-state index >= 15 is 0 Å². The van der Waals surface area contributed by atoms with Crippen LogP contribution in [0.25, 0.3) is 0 Å². The lowest BCUT2D eigenvalue weighted by atomic mass is 10.1. The Labute approximate surface area is 132 Å². The zero-order chi connectivity index (χ0) is 16.2. The molecule has 0 spiro atoms. The number of amides is 1. The number of ether oxygens (including phenoxy) is 2. The number of carbonyl (C=O) groups is 1. The van der Waals surface area contributed by atoms with Gasteiger partial charge in [0.2, 0.25) is 0 Å². The van der Waals surface area contributed by atoms with Crippen molar-refractivity contribution >= 4 is 11.8 Å². The molecule has 1 aromatic rings. The molecule has 1 N–H and O–H groups in total. The number of nitrogens with zero attached hydrogens (tertiary/aromatic N) is 1. The van der Waals surface area contributed by atoms with E-state index in [1.807, 2.05) is 52.1 Å². The second-order valence-corrected chi connectivity index (χ2v) is 6.56. The van der Waals surface area contributed by atoms with Gasteiger partial charge in [-0.1, -0.05) is 0 Å². The van der Waals surface area contributed by atoms with Gasteiger partial charge >= 0.3 is 6.09 Å². The summed E-state index contributed by atoms with van der Waals surface area (Å²) in [5.41, 5.74) is 0.617. The van der Waals surface area contributed by atoms with E-state index in [4.69, 9.17) is 9.47 Å². The highest BCUT2D eigenvalue weighted by Crippen LogP contribution is 2.22. The summed E-state index contributed by atoms with van der Waals surface area (Å²) in [4.78, 5) is 13.8. The molecule has 22 heavy (non-hydrogen) atoms. The van der Waals surface area contributed by atoms with Crippen LogP contribution in [0, 0.1) is 0 Å². The first-order chi connectivity index (χ1) is 10.4. The number of piperidine rings is 1. The third-order valence-electron chi connectivity index (χ3n) is 3.54. The van der Waals surface area contributed by atoms with Gasteiger partial charge in [0.15, 0.2) is 0 Å². The largest absolute Gasteiger partial charge is 0.490 e. The number of rotatable bonds is 3. The SMILES string of the molecule is CNc1ccc(OC2CCN(C(=O)OC(C)(C)C)CC2)cc1. The molecule has 1 amide bonds. The summed E-state index contributed by atoms with van der Waals surface area (Å²) in [7, 11) is 1.89. The van der Waals surface area contributed by atoms with E-state index in [0.717, 1.165) is 24.3 Å². The molecule has 1 aliphatic rings. The molecule has 0 atom stereocenters. The minimum atomic E-state index is -0.445. The van der Waals surface area contributed by atoms with Crippen molar-refractivity contribution in [2.75, 3.05) is 25.5 Å². The minimum absolute atomic E-state index is 0.152. The van der Waals surface area contributed by atoms with E-state index in [9.17, 15) is 4.79 Å². The zero-order valence-corrected chi connectivity index (χ0v) is 13.9. The first kappa shape index (κ1) is 16.5. The summed E-state index contributed by atoms with van der Waals surface area (Å²) in [6, 6.07) is 7.91. The van der Waals surface area contributed by atoms with E-state index in [1.165, 1.54) is 0 Å². The summed E-state index contributed by atoms with van der Waals surface area (Å²) >= 11 is 0. The number of anilines is 1. The lowest BCUT2D eigenvalue weighted by molar-refractivity contribution is 0.0126. The van der Waals surface area contributed by atoms with Gasteiger partial charge in [-0.2, -0.15) is 0 Å². The van der Waals surface area contributed by atoms with Gasteiger partial charge in [-0.25, -0.2) is 4.79 Å². The van der Waals surface area contributed by atoms with Crippen LogP contribution >= 0.6 is 0 Å². The Balaban J connectivity index is 1.80. The predicted octanol–water partition coefficient (Wildman–Crippen LogP) is 3.51. The Morgan fingerprint density at radius 2 is 1.77 bits per heavy atom. The standard InChI is InChI=1S/C17H26N2O3/c1-17(2,3)22-16(20)19-11-9-15(10-12-19)21-14-7-5-13(18-4)6-8-14/h5-8,15,18H,9-12H2,1-4H3. The Bertz CT molecular complexity index is 486. The molecule has 122 valence electrons. The van der Waals surface area contributed by atoms with Crippen molar-refractivity contribution in [2.45, 2.75) is 45.3 Å². The van der Waals surface area contributed by atoms with Crippen LogP contribution in [0.2, 0.25) is 0 Å². The summed E-state index contributed by atoms with van der Waals surface area (Å²) in [5, 5.41) is 3.08. The van der Waals surface area contributed by atoms with Crippen LogP contribution in [0.1, 0.15) is 33.6 Å². The summed E-state index contributed by atoms with van der Waals surface area (Å²) in [6.07, 6.45) is 1.57. The molecule has 0 radical (unpaired) electrons. The van der Waals surface area contributed by atoms with Gasteiger partial charge in [0.1, 0.15) is 17.5 Å². The van der Waals surface area contributed by atoms with Crippen LogP contribution in [0.5, 0.6) is 5.75 Å². The zero-order valence-electron chi connectivity index (χ0n) is 13.9. The predicted molar refractivity (Wildman–Crippen MR) is 87.4 cm³/mol. The highest BCUT2D eigenvalue weighted by atomic mass is 16.6. The van der Waals surface area contributed by atoms with Gasteiger partial charge < -0.3 is 19.7 Å². The highest BCUT2D eigenvalue weighted by molar-refractivity contribution is 5.68. The quantitative estimate of drug-likeness (QED) is 0.928. The van der Waals surface area contributed by atoms with Crippen molar-refractivity contribution < 1.29 is 14.3 Å². The summed E-state index contributed by atoms with van der Waals surface area (Å²) in [6.45, 7) is 7.00. The highest BCUT2D eigenvalue weighted by Gasteiger charge is 2.27. The Morgan fingerprint density at radius 1 is 1.18 bits per heavy atom. The van der Waals surface area contributed by atoms with Crippen LogP contribution in [0.15, 0.2) is 24.3 Å². The average molecular weight is 306 g/mol. The number of nitrogens with one attached hydrogen (secondary N) is 1. The van der Waals surface area contributed by atoms with Crippen molar-refractivity contribution in [3.63, 3.8) is 0 Å². The Morgan fingerprint density at radius 3 is 2.27 bits per heavy atom. The second-order valence-electron chi connectivity index (χ2n) is 6.56. The van der Waals surface area contributed by atoms with Crippen LogP contribution < -0.4 is 10.1 Å². The molecule has 2 rings (SSSR count). The van der Waals surface area contributed by atoms with E-state index in [0.29, 0.717) is 13.1 Å². The molecular weight excluding hydrogens is 280 g/mol. The van der Waals surface area contributed by atoms with Crippen molar-refractivity contribution in [3.8, 4) is 5.75 Å². The number of likely N-dealkylation sites (tertiary alicyclic amines) is 1. The lowest BCUT2D eigenvalue weighted by Gasteiger charge is -2.33. The first-order valence-electron chi connectivity index (χ1n) is 7.80. The fourth-order valence-corrected chi connectivity index (χ4v) is 2.38. The first-order valence-corrected chi connectivity index (χ1v) is 7.80. The molecule has 5 nitrogen and oxygen atoms in total. The van der Waals surface area contributed by atoms with Crippen molar-refractivity contribution in [1.82, 2.24) is 4.90 Å². The monoisotopic (exact) mass is 306 g/mol. The molecule has 1 aromatic carbocycles. The molecule has 0 saturated carbocycles. The van der Waals surface area contributed by atoms with Crippen molar-refractivity contribution in [2.24, 2.45) is 0 Å². The molecule has 1 fully saturated rings. The molecule has 0 unspecified atom stereocenters. The van der Waals surface area contributed by atoms with Crippen LogP contribution in [-0.4, -0.2) is 42.8 Å². The smallest absolute Gasteiger partial charge is 0.410 e. The Kier molecular flexibility index (Phi) is 5.16. The van der Waals surface area contributed by atoms with Crippen LogP contribution in [0.3, 0.4) is 0 Å². The van der Waals surface area contributed by atoms with Gasteiger partial charge in [-0.3, -0.25) is 0 Å². The van der Waals surface area contributed by atoms with Gasteiger partial charge in [-0.05, 0) is 45.0 Å². The van der Waals surface area contributed by atoms with Crippen LogP contribution in [-0.2, 0) is 4.74 Å². The van der Waals surface area contributed by atoms with Crippen molar-refractivity contribution in [1.29, 1.82) is 0 Å². The van der Waals surface area contributed by atoms with Gasteiger partial charge in [0.25, 0.3) is 0 Å². The second kappa shape index (κ2) is 6.90. The Hall–Kier alpha value is -1.91. The summed E-state index contributed by atoms with van der Waals surface area (Å²) in [5.74, 6) is 0.870. The number of hydrogen-bond donors (Lipinski definition) is 1. The minimum Gasteiger partial charge on any atom is -0.490 e. The van der Waals surface area contributed by atoms with E-state index < -0.39 is 5.60 Å². The maximum absolute atomic E-state index is 12.0. The summed E-state index contributed by atoms with van der Waals surface area (Å²) < 4.78 is 11.4. The topological polar surface area (TPSA) is 50.8 Å². The van der Waals surface area contributed by atoms with E-state index in [1.54, 1.807) is 4.90 Å². The molecule has 0 aromatic heterocycles. The van der Waals surface area contributed by atoms with Crippen LogP contribution in [0.4, 0.5) is 10.5 Å². The van der Waals surface area contributed by atoms with E-state index in [2.05, 4.69) is 5.32 Å². The average Bonchev–Trinajstić information content (AvgIpc) is 2.47. The fourth-order valence-electron chi connectivity index (χ4n) is 2.38. The molecule has 1 aliphatic heterocycles. The van der Waals surface area contributed by atoms with Gasteiger partial charge in [0.05, 0.1) is 0 Å². The number of carbonyl (C=O) groups excluding carboxylic acids is 1. The van der Waals surface area contributed by atoms with Crippen molar-refractivity contribution in [3.05, 3.63) is 24.3 Å². The number of hydrogen-bond acceptors (Lipinski definition) is 4. The van der Waals surface area contributed by atoms with Gasteiger partial charge in [-0.15, -0.1) is 0 Å². The normalized spacial score (nSPS) is 16.3. The third-order valence-corrected chi connectivity index (χ3v) is 3.54.